The molecule has 0 aliphatic heterocycles. The van der Waals surface area contributed by atoms with Crippen LogP contribution in [-0.2, 0) is 9.59 Å². The first kappa shape index (κ1) is 15.6. The van der Waals surface area contributed by atoms with Crippen molar-refractivity contribution >= 4 is 39.3 Å². The summed E-state index contributed by atoms with van der Waals surface area (Å²) in [6.07, 6.45) is 4.77. The Morgan fingerprint density at radius 3 is 2.67 bits per heavy atom. The van der Waals surface area contributed by atoms with Gasteiger partial charge in [0.1, 0.15) is 0 Å². The van der Waals surface area contributed by atoms with E-state index in [1.165, 1.54) is 6.08 Å². The van der Waals surface area contributed by atoms with Crippen LogP contribution in [0.1, 0.15) is 6.42 Å². The Hall–Kier alpha value is -3.28. The Balaban J connectivity index is 1.87. The fourth-order valence-corrected chi connectivity index (χ4v) is 2.46. The first-order valence-electron chi connectivity index (χ1n) is 7.51. The minimum Gasteiger partial charge on any atom is -0.352 e. The Bertz CT molecular complexity index is 937. The number of nitrogens with zero attached hydrogens (tertiary/aromatic N) is 2. The van der Waals surface area contributed by atoms with Gasteiger partial charge in [-0.2, -0.15) is 0 Å². The standard InChI is InChI=1S/C18H16N4O2/c1-2-15(23)19-10-7-16(24)22-14-11-12-5-3-8-20-17(12)18-13(14)6-4-9-21-18/h2-6,8-9,11H,1,7,10H2,(H,19,23)(H,22,24). The number of carbonyl (C=O) groups excluding carboxylic acids is 2. The Morgan fingerprint density at radius 2 is 1.88 bits per heavy atom. The Kier molecular flexibility index (Phi) is 4.47. The molecular weight excluding hydrogens is 304 g/mol. The number of nitrogens with one attached hydrogen (secondary N) is 2. The highest BCUT2D eigenvalue weighted by Crippen LogP contribution is 2.29. The van der Waals surface area contributed by atoms with Crippen LogP contribution in [0, 0.1) is 0 Å². The summed E-state index contributed by atoms with van der Waals surface area (Å²) in [6.45, 7) is 3.62. The number of benzene rings is 1. The van der Waals surface area contributed by atoms with Gasteiger partial charge in [0.15, 0.2) is 0 Å². The van der Waals surface area contributed by atoms with Crippen LogP contribution in [0.3, 0.4) is 0 Å². The summed E-state index contributed by atoms with van der Waals surface area (Å²) < 4.78 is 0. The molecule has 2 amide bonds. The SMILES string of the molecule is C=CC(=O)NCCC(=O)Nc1cc2cccnc2c2ncccc12. The van der Waals surface area contributed by atoms with Gasteiger partial charge in [0.2, 0.25) is 11.8 Å². The van der Waals surface area contributed by atoms with Gasteiger partial charge in [0.25, 0.3) is 0 Å². The van der Waals surface area contributed by atoms with E-state index in [4.69, 9.17) is 0 Å². The van der Waals surface area contributed by atoms with E-state index >= 15 is 0 Å². The number of hydrogen-bond acceptors (Lipinski definition) is 4. The summed E-state index contributed by atoms with van der Waals surface area (Å²) in [5.74, 6) is -0.484. The van der Waals surface area contributed by atoms with Gasteiger partial charge in [-0.15, -0.1) is 0 Å². The van der Waals surface area contributed by atoms with Crippen molar-refractivity contribution in [1.82, 2.24) is 15.3 Å². The molecule has 0 unspecified atom stereocenters. The molecule has 0 radical (unpaired) electrons. The highest BCUT2D eigenvalue weighted by atomic mass is 16.2. The fraction of sp³-hybridized carbons (Fsp3) is 0.111. The maximum absolute atomic E-state index is 12.1. The molecule has 3 aromatic rings. The molecule has 0 saturated carbocycles. The van der Waals surface area contributed by atoms with Crippen molar-refractivity contribution in [2.75, 3.05) is 11.9 Å². The van der Waals surface area contributed by atoms with Crippen LogP contribution in [0.2, 0.25) is 0 Å². The zero-order chi connectivity index (χ0) is 16.9. The zero-order valence-electron chi connectivity index (χ0n) is 13.0. The van der Waals surface area contributed by atoms with Crippen LogP contribution >= 0.6 is 0 Å². The van der Waals surface area contributed by atoms with Gasteiger partial charge >= 0.3 is 0 Å². The van der Waals surface area contributed by atoms with E-state index in [1.54, 1.807) is 12.4 Å². The smallest absolute Gasteiger partial charge is 0.243 e. The van der Waals surface area contributed by atoms with Crippen LogP contribution in [0.15, 0.2) is 55.4 Å². The van der Waals surface area contributed by atoms with E-state index in [1.807, 2.05) is 30.3 Å². The summed E-state index contributed by atoms with van der Waals surface area (Å²) in [7, 11) is 0. The average molecular weight is 320 g/mol. The number of carbonyl (C=O) groups is 2. The second kappa shape index (κ2) is 6.87. The van der Waals surface area contributed by atoms with Gasteiger partial charge in [0, 0.05) is 36.1 Å². The number of hydrogen-bond donors (Lipinski definition) is 2. The minimum atomic E-state index is -0.297. The second-order valence-corrected chi connectivity index (χ2v) is 5.19. The number of rotatable bonds is 5. The van der Waals surface area contributed by atoms with Gasteiger partial charge in [-0.05, 0) is 30.3 Å². The molecule has 0 fully saturated rings. The summed E-state index contributed by atoms with van der Waals surface area (Å²) in [5, 5.41) is 7.19. The third kappa shape index (κ3) is 3.22. The van der Waals surface area contributed by atoms with Crippen LogP contribution in [-0.4, -0.2) is 28.3 Å². The summed E-state index contributed by atoms with van der Waals surface area (Å²) in [5.41, 5.74) is 2.22. The average Bonchev–Trinajstić information content (AvgIpc) is 2.61. The minimum absolute atomic E-state index is 0.173. The predicted octanol–water partition coefficient (Wildman–Crippen LogP) is 2.41. The Morgan fingerprint density at radius 1 is 1.12 bits per heavy atom. The van der Waals surface area contributed by atoms with E-state index in [2.05, 4.69) is 27.2 Å². The van der Waals surface area contributed by atoms with E-state index in [-0.39, 0.29) is 24.8 Å². The molecule has 0 saturated heterocycles. The van der Waals surface area contributed by atoms with Gasteiger partial charge < -0.3 is 10.6 Å². The van der Waals surface area contributed by atoms with Crippen LogP contribution in [0.5, 0.6) is 0 Å². The Labute approximate surface area is 138 Å². The third-order valence-electron chi connectivity index (χ3n) is 3.57. The van der Waals surface area contributed by atoms with Crippen molar-refractivity contribution in [1.29, 1.82) is 0 Å². The molecule has 2 aromatic heterocycles. The van der Waals surface area contributed by atoms with Gasteiger partial charge in [-0.1, -0.05) is 12.6 Å². The molecule has 0 spiro atoms. The molecule has 1 aromatic carbocycles. The number of anilines is 1. The quantitative estimate of drug-likeness (QED) is 0.558. The van der Waals surface area contributed by atoms with Crippen molar-refractivity contribution in [2.45, 2.75) is 6.42 Å². The molecule has 0 aliphatic carbocycles. The molecule has 6 heteroatoms. The van der Waals surface area contributed by atoms with Crippen molar-refractivity contribution in [3.05, 3.63) is 55.4 Å². The number of aromatic nitrogens is 2. The molecule has 0 atom stereocenters. The molecule has 2 heterocycles. The first-order chi connectivity index (χ1) is 11.7. The van der Waals surface area contributed by atoms with Gasteiger partial charge in [-0.25, -0.2) is 0 Å². The highest BCUT2D eigenvalue weighted by molar-refractivity contribution is 6.11. The predicted molar refractivity (Wildman–Crippen MR) is 93.5 cm³/mol. The topological polar surface area (TPSA) is 84.0 Å². The number of fused-ring (bicyclic) bond motifs is 3. The number of amides is 2. The second-order valence-electron chi connectivity index (χ2n) is 5.19. The maximum atomic E-state index is 12.1. The fourth-order valence-electron chi connectivity index (χ4n) is 2.46. The lowest BCUT2D eigenvalue weighted by atomic mass is 10.1. The van der Waals surface area contributed by atoms with Crippen LogP contribution in [0.25, 0.3) is 21.8 Å². The normalized spacial score (nSPS) is 10.5. The van der Waals surface area contributed by atoms with E-state index in [0.29, 0.717) is 5.69 Å². The lowest BCUT2D eigenvalue weighted by Gasteiger charge is -2.11. The number of pyridine rings is 2. The van der Waals surface area contributed by atoms with Crippen LogP contribution in [0.4, 0.5) is 5.69 Å². The third-order valence-corrected chi connectivity index (χ3v) is 3.57. The molecule has 2 N–H and O–H groups in total. The first-order valence-corrected chi connectivity index (χ1v) is 7.51. The summed E-state index contributed by atoms with van der Waals surface area (Å²) in [6, 6.07) is 9.36. The van der Waals surface area contributed by atoms with E-state index < -0.39 is 0 Å². The van der Waals surface area contributed by atoms with Crippen molar-refractivity contribution in [2.24, 2.45) is 0 Å². The summed E-state index contributed by atoms with van der Waals surface area (Å²) >= 11 is 0. The van der Waals surface area contributed by atoms with Crippen molar-refractivity contribution in [3.8, 4) is 0 Å². The van der Waals surface area contributed by atoms with Crippen molar-refractivity contribution in [3.63, 3.8) is 0 Å². The molecule has 0 bridgehead atoms. The molecule has 24 heavy (non-hydrogen) atoms. The lowest BCUT2D eigenvalue weighted by Crippen LogP contribution is -2.26. The largest absolute Gasteiger partial charge is 0.352 e. The van der Waals surface area contributed by atoms with Crippen molar-refractivity contribution < 1.29 is 9.59 Å². The van der Waals surface area contributed by atoms with Gasteiger partial charge in [0.05, 0.1) is 16.7 Å². The monoisotopic (exact) mass is 320 g/mol. The zero-order valence-corrected chi connectivity index (χ0v) is 13.0. The molecule has 120 valence electrons. The molecule has 6 nitrogen and oxygen atoms in total. The molecule has 3 rings (SSSR count). The molecular formula is C18H16N4O2. The lowest BCUT2D eigenvalue weighted by molar-refractivity contribution is -0.117. The van der Waals surface area contributed by atoms with E-state index in [9.17, 15) is 9.59 Å². The van der Waals surface area contributed by atoms with Gasteiger partial charge in [-0.3, -0.25) is 19.6 Å². The van der Waals surface area contributed by atoms with Crippen LogP contribution < -0.4 is 10.6 Å². The molecule has 0 aliphatic rings. The van der Waals surface area contributed by atoms with E-state index in [0.717, 1.165) is 21.8 Å². The summed E-state index contributed by atoms with van der Waals surface area (Å²) in [4.78, 5) is 32.0. The highest BCUT2D eigenvalue weighted by Gasteiger charge is 2.10. The maximum Gasteiger partial charge on any atom is 0.243 e.